The molecule has 1 aliphatic heterocycles. The van der Waals surface area contributed by atoms with Crippen molar-refractivity contribution in [2.24, 2.45) is 0 Å². The molecule has 1 aromatic rings. The summed E-state index contributed by atoms with van der Waals surface area (Å²) in [5.41, 5.74) is 1.71. The van der Waals surface area contributed by atoms with Crippen LogP contribution in [0, 0.1) is 0 Å². The molecule has 0 spiro atoms. The molecular weight excluding hydrogens is 190 g/mol. The number of aryl methyl sites for hydroxylation is 1. The molecule has 1 aliphatic rings. The van der Waals surface area contributed by atoms with Crippen LogP contribution in [0.2, 0.25) is 0 Å². The van der Waals surface area contributed by atoms with Crippen LogP contribution in [0.3, 0.4) is 0 Å². The highest BCUT2D eigenvalue weighted by Crippen LogP contribution is 2.22. The minimum Gasteiger partial charge on any atom is -0.508 e. The Bertz CT molecular complexity index is 387. The SMILES string of the molecule is CCN1CCCc2cc(O)ccc2C1=O. The highest BCUT2D eigenvalue weighted by atomic mass is 16.3. The third-order valence-corrected chi connectivity index (χ3v) is 2.86. The molecule has 0 fully saturated rings. The van der Waals surface area contributed by atoms with Crippen molar-refractivity contribution in [2.75, 3.05) is 13.1 Å². The maximum atomic E-state index is 12.0. The number of rotatable bonds is 1. The molecule has 2 rings (SSSR count). The summed E-state index contributed by atoms with van der Waals surface area (Å²) >= 11 is 0. The number of hydrogen-bond acceptors (Lipinski definition) is 2. The van der Waals surface area contributed by atoms with Gasteiger partial charge in [0.05, 0.1) is 0 Å². The van der Waals surface area contributed by atoms with Crippen LogP contribution < -0.4 is 0 Å². The largest absolute Gasteiger partial charge is 0.508 e. The highest BCUT2D eigenvalue weighted by molar-refractivity contribution is 5.96. The molecule has 1 amide bonds. The molecule has 0 atom stereocenters. The maximum absolute atomic E-state index is 12.0. The van der Waals surface area contributed by atoms with E-state index in [9.17, 15) is 9.90 Å². The normalized spacial score (nSPS) is 16.1. The van der Waals surface area contributed by atoms with E-state index >= 15 is 0 Å². The Morgan fingerprint density at radius 1 is 1.47 bits per heavy atom. The van der Waals surface area contributed by atoms with Crippen LogP contribution in [0.15, 0.2) is 18.2 Å². The van der Waals surface area contributed by atoms with Gasteiger partial charge in [-0.3, -0.25) is 4.79 Å². The van der Waals surface area contributed by atoms with E-state index < -0.39 is 0 Å². The first-order valence-corrected chi connectivity index (χ1v) is 5.33. The van der Waals surface area contributed by atoms with Crippen LogP contribution in [0.25, 0.3) is 0 Å². The molecule has 1 N–H and O–H groups in total. The molecular formula is C12H15NO2. The van der Waals surface area contributed by atoms with Crippen LogP contribution in [-0.4, -0.2) is 29.0 Å². The smallest absolute Gasteiger partial charge is 0.254 e. The van der Waals surface area contributed by atoms with Crippen molar-refractivity contribution in [3.05, 3.63) is 29.3 Å². The second-order valence-electron chi connectivity index (χ2n) is 3.83. The molecule has 0 saturated heterocycles. The number of phenolic OH excluding ortho intramolecular Hbond substituents is 1. The van der Waals surface area contributed by atoms with E-state index in [-0.39, 0.29) is 11.7 Å². The third kappa shape index (κ3) is 1.82. The Kier molecular flexibility index (Phi) is 2.62. The van der Waals surface area contributed by atoms with Crippen LogP contribution >= 0.6 is 0 Å². The van der Waals surface area contributed by atoms with Gasteiger partial charge in [0.15, 0.2) is 0 Å². The summed E-state index contributed by atoms with van der Waals surface area (Å²) in [5, 5.41) is 9.36. The number of amides is 1. The zero-order valence-electron chi connectivity index (χ0n) is 8.86. The Hall–Kier alpha value is -1.51. The topological polar surface area (TPSA) is 40.5 Å². The zero-order valence-corrected chi connectivity index (χ0v) is 8.86. The van der Waals surface area contributed by atoms with Crippen molar-refractivity contribution < 1.29 is 9.90 Å². The summed E-state index contributed by atoms with van der Waals surface area (Å²) in [4.78, 5) is 13.9. The average Bonchev–Trinajstić information content (AvgIpc) is 2.37. The van der Waals surface area contributed by atoms with Gasteiger partial charge in [-0.2, -0.15) is 0 Å². The van der Waals surface area contributed by atoms with Gasteiger partial charge in [0.25, 0.3) is 5.91 Å². The molecule has 3 heteroatoms. The highest BCUT2D eigenvalue weighted by Gasteiger charge is 2.20. The van der Waals surface area contributed by atoms with E-state index in [0.29, 0.717) is 0 Å². The molecule has 0 radical (unpaired) electrons. The first kappa shape index (κ1) is 10.0. The Balaban J connectivity index is 2.42. The van der Waals surface area contributed by atoms with E-state index in [0.717, 1.165) is 37.1 Å². The van der Waals surface area contributed by atoms with E-state index in [1.54, 1.807) is 18.2 Å². The standard InChI is InChI=1S/C12H15NO2/c1-2-13-7-3-4-9-8-10(14)5-6-11(9)12(13)15/h5-6,8,14H,2-4,7H2,1H3. The minimum absolute atomic E-state index is 0.0880. The van der Waals surface area contributed by atoms with Crippen LogP contribution in [0.4, 0.5) is 0 Å². The number of fused-ring (bicyclic) bond motifs is 1. The van der Waals surface area contributed by atoms with Crippen molar-refractivity contribution in [3.63, 3.8) is 0 Å². The molecule has 0 saturated carbocycles. The van der Waals surface area contributed by atoms with Gasteiger partial charge in [-0.1, -0.05) is 0 Å². The summed E-state index contributed by atoms with van der Waals surface area (Å²) < 4.78 is 0. The second kappa shape index (κ2) is 3.93. The van der Waals surface area contributed by atoms with E-state index in [1.165, 1.54) is 0 Å². The average molecular weight is 205 g/mol. The molecule has 0 bridgehead atoms. The van der Waals surface area contributed by atoms with Crippen molar-refractivity contribution in [2.45, 2.75) is 19.8 Å². The number of benzene rings is 1. The first-order chi connectivity index (χ1) is 7.22. The number of nitrogens with zero attached hydrogens (tertiary/aromatic N) is 1. The van der Waals surface area contributed by atoms with E-state index in [2.05, 4.69) is 0 Å². The van der Waals surface area contributed by atoms with Crippen LogP contribution in [-0.2, 0) is 6.42 Å². The predicted octanol–water partition coefficient (Wildman–Crippen LogP) is 1.80. The number of carbonyl (C=O) groups is 1. The summed E-state index contributed by atoms with van der Waals surface area (Å²) in [6, 6.07) is 5.00. The fraction of sp³-hybridized carbons (Fsp3) is 0.417. The molecule has 0 aromatic heterocycles. The lowest BCUT2D eigenvalue weighted by molar-refractivity contribution is 0.0770. The summed E-state index contributed by atoms with van der Waals surface area (Å²) in [6.45, 7) is 3.55. The minimum atomic E-state index is 0.0880. The molecule has 0 unspecified atom stereocenters. The van der Waals surface area contributed by atoms with Gasteiger partial charge < -0.3 is 10.0 Å². The number of carbonyl (C=O) groups excluding carboxylic acids is 1. The Morgan fingerprint density at radius 2 is 2.27 bits per heavy atom. The lowest BCUT2D eigenvalue weighted by atomic mass is 10.0. The molecule has 15 heavy (non-hydrogen) atoms. The first-order valence-electron chi connectivity index (χ1n) is 5.33. The lowest BCUT2D eigenvalue weighted by Crippen LogP contribution is -2.30. The fourth-order valence-corrected chi connectivity index (χ4v) is 2.03. The summed E-state index contributed by atoms with van der Waals surface area (Å²) in [5.74, 6) is 0.330. The molecule has 0 aliphatic carbocycles. The quantitative estimate of drug-likeness (QED) is 0.759. The van der Waals surface area contributed by atoms with E-state index in [1.807, 2.05) is 11.8 Å². The lowest BCUT2D eigenvalue weighted by Gasteiger charge is -2.18. The monoisotopic (exact) mass is 205 g/mol. The third-order valence-electron chi connectivity index (χ3n) is 2.86. The van der Waals surface area contributed by atoms with Crippen molar-refractivity contribution in [1.82, 2.24) is 4.90 Å². The van der Waals surface area contributed by atoms with Gasteiger partial charge >= 0.3 is 0 Å². The van der Waals surface area contributed by atoms with Crippen molar-refractivity contribution in [3.8, 4) is 5.75 Å². The number of aromatic hydroxyl groups is 1. The van der Waals surface area contributed by atoms with Gasteiger partial charge in [0.1, 0.15) is 5.75 Å². The number of hydrogen-bond donors (Lipinski definition) is 1. The predicted molar refractivity (Wildman–Crippen MR) is 58.0 cm³/mol. The van der Waals surface area contributed by atoms with Crippen LogP contribution in [0.1, 0.15) is 29.3 Å². The summed E-state index contributed by atoms with van der Waals surface area (Å²) in [7, 11) is 0. The van der Waals surface area contributed by atoms with Gasteiger partial charge in [0, 0.05) is 18.7 Å². The molecule has 1 heterocycles. The molecule has 3 nitrogen and oxygen atoms in total. The number of phenols is 1. The Morgan fingerprint density at radius 3 is 3.00 bits per heavy atom. The van der Waals surface area contributed by atoms with Crippen molar-refractivity contribution in [1.29, 1.82) is 0 Å². The van der Waals surface area contributed by atoms with Crippen LogP contribution in [0.5, 0.6) is 5.75 Å². The maximum Gasteiger partial charge on any atom is 0.254 e. The molecule has 80 valence electrons. The molecule has 1 aromatic carbocycles. The van der Waals surface area contributed by atoms with Gasteiger partial charge in [-0.15, -0.1) is 0 Å². The van der Waals surface area contributed by atoms with Crippen molar-refractivity contribution >= 4 is 5.91 Å². The second-order valence-corrected chi connectivity index (χ2v) is 3.83. The van der Waals surface area contributed by atoms with E-state index in [4.69, 9.17) is 0 Å². The Labute approximate surface area is 89.3 Å². The fourth-order valence-electron chi connectivity index (χ4n) is 2.03. The van der Waals surface area contributed by atoms with Gasteiger partial charge in [0.2, 0.25) is 0 Å². The van der Waals surface area contributed by atoms with Gasteiger partial charge in [-0.05, 0) is 43.5 Å². The van der Waals surface area contributed by atoms with Gasteiger partial charge in [-0.25, -0.2) is 0 Å². The summed E-state index contributed by atoms with van der Waals surface area (Å²) in [6.07, 6.45) is 1.84. The zero-order chi connectivity index (χ0) is 10.8.